The molecular weight excluding hydrogens is 216 g/mol. The molecule has 4 nitrogen and oxygen atoms in total. The normalized spacial score (nSPS) is 28.9. The topological polar surface area (TPSA) is 58.3 Å². The third-order valence-corrected chi connectivity index (χ3v) is 3.83. The van der Waals surface area contributed by atoms with Gasteiger partial charge in [-0.25, -0.2) is 0 Å². The van der Waals surface area contributed by atoms with Gasteiger partial charge in [0.1, 0.15) is 5.60 Å². The van der Waals surface area contributed by atoms with E-state index in [0.717, 1.165) is 25.1 Å². The number of aliphatic hydroxyl groups is 1. The molecule has 1 aromatic heterocycles. The second-order valence-corrected chi connectivity index (χ2v) is 5.33. The molecule has 1 aliphatic rings. The van der Waals surface area contributed by atoms with Crippen LogP contribution >= 0.6 is 0 Å². The van der Waals surface area contributed by atoms with Gasteiger partial charge >= 0.3 is 0 Å². The third kappa shape index (κ3) is 2.69. The number of rotatable bonds is 3. The molecule has 4 heteroatoms. The van der Waals surface area contributed by atoms with Crippen LogP contribution in [-0.4, -0.2) is 22.8 Å². The van der Waals surface area contributed by atoms with Crippen LogP contribution in [0, 0.1) is 0 Å². The summed E-state index contributed by atoms with van der Waals surface area (Å²) in [5.41, 5.74) is 0.0637. The summed E-state index contributed by atoms with van der Waals surface area (Å²) >= 11 is 0. The summed E-state index contributed by atoms with van der Waals surface area (Å²) in [5, 5.41) is 17.7. The Morgan fingerprint density at radius 3 is 2.94 bits per heavy atom. The van der Waals surface area contributed by atoms with E-state index >= 15 is 0 Å². The molecule has 1 unspecified atom stereocenters. The second kappa shape index (κ2) is 4.78. The minimum atomic E-state index is -0.902. The molecule has 3 atom stereocenters. The number of piperidine rings is 1. The van der Waals surface area contributed by atoms with E-state index in [1.54, 1.807) is 6.92 Å². The quantitative estimate of drug-likeness (QED) is 0.847. The fraction of sp³-hybridized carbons (Fsp3) is 0.769. The van der Waals surface area contributed by atoms with Gasteiger partial charge in [0.25, 0.3) is 0 Å². The predicted octanol–water partition coefficient (Wildman–Crippen LogP) is 2.15. The first-order valence-corrected chi connectivity index (χ1v) is 6.45. The first-order valence-electron chi connectivity index (χ1n) is 6.45. The van der Waals surface area contributed by atoms with Crippen molar-refractivity contribution in [3.05, 3.63) is 17.5 Å². The molecule has 1 aliphatic heterocycles. The predicted molar refractivity (Wildman–Crippen MR) is 65.8 cm³/mol. The highest BCUT2D eigenvalue weighted by Crippen LogP contribution is 2.29. The summed E-state index contributed by atoms with van der Waals surface area (Å²) < 4.78 is 5.27. The fourth-order valence-corrected chi connectivity index (χ4v) is 2.16. The fourth-order valence-electron chi connectivity index (χ4n) is 2.16. The third-order valence-electron chi connectivity index (χ3n) is 3.83. The summed E-state index contributed by atoms with van der Waals surface area (Å²) in [6.45, 7) is 6.85. The van der Waals surface area contributed by atoms with Gasteiger partial charge in [-0.15, -0.1) is 0 Å². The molecule has 1 aromatic rings. The molecule has 0 bridgehead atoms. The average Bonchev–Trinajstić information content (AvgIpc) is 2.80. The van der Waals surface area contributed by atoms with Crippen molar-refractivity contribution >= 4 is 0 Å². The lowest BCUT2D eigenvalue weighted by Gasteiger charge is -2.26. The summed E-state index contributed by atoms with van der Waals surface area (Å²) in [4.78, 5) is 0. The lowest BCUT2D eigenvalue weighted by Crippen LogP contribution is -2.35. The lowest BCUT2D eigenvalue weighted by molar-refractivity contribution is 0.0243. The molecule has 2 heterocycles. The van der Waals surface area contributed by atoms with Gasteiger partial charge in [0.2, 0.25) is 0 Å². The molecular formula is C13H22N2O2. The van der Waals surface area contributed by atoms with Crippen molar-refractivity contribution in [3.63, 3.8) is 0 Å². The maximum Gasteiger partial charge on any atom is 0.168 e. The molecule has 0 saturated carbocycles. The van der Waals surface area contributed by atoms with Crippen LogP contribution in [0.2, 0.25) is 0 Å². The second-order valence-electron chi connectivity index (χ2n) is 5.33. The largest absolute Gasteiger partial charge is 0.382 e. The van der Waals surface area contributed by atoms with Crippen molar-refractivity contribution < 1.29 is 9.63 Å². The number of aromatic nitrogens is 1. The van der Waals surface area contributed by atoms with Gasteiger partial charge in [-0.05, 0) is 33.1 Å². The average molecular weight is 238 g/mol. The van der Waals surface area contributed by atoms with Crippen molar-refractivity contribution in [1.82, 2.24) is 10.5 Å². The van der Waals surface area contributed by atoms with Crippen LogP contribution in [-0.2, 0) is 5.60 Å². The van der Waals surface area contributed by atoms with Gasteiger partial charge in [-0.3, -0.25) is 0 Å². The van der Waals surface area contributed by atoms with E-state index in [4.69, 9.17) is 4.52 Å². The molecule has 0 amide bonds. The molecule has 17 heavy (non-hydrogen) atoms. The number of hydrogen-bond donors (Lipinski definition) is 2. The zero-order valence-corrected chi connectivity index (χ0v) is 10.9. The Morgan fingerprint density at radius 2 is 2.35 bits per heavy atom. The van der Waals surface area contributed by atoms with E-state index in [1.807, 2.05) is 13.0 Å². The van der Waals surface area contributed by atoms with Crippen molar-refractivity contribution in [2.45, 2.75) is 57.6 Å². The van der Waals surface area contributed by atoms with Crippen LogP contribution in [0.3, 0.4) is 0 Å². The van der Waals surface area contributed by atoms with E-state index < -0.39 is 5.60 Å². The van der Waals surface area contributed by atoms with Gasteiger partial charge in [0.15, 0.2) is 5.76 Å². The molecule has 0 spiro atoms. The van der Waals surface area contributed by atoms with Crippen LogP contribution in [0.4, 0.5) is 0 Å². The summed E-state index contributed by atoms with van der Waals surface area (Å²) in [6, 6.07) is 2.50. The molecule has 0 aromatic carbocycles. The minimum Gasteiger partial charge on any atom is -0.382 e. The van der Waals surface area contributed by atoms with Gasteiger partial charge in [0, 0.05) is 24.6 Å². The zero-order chi connectivity index (χ0) is 12.5. The molecule has 1 saturated heterocycles. The van der Waals surface area contributed by atoms with Crippen LogP contribution in [0.5, 0.6) is 0 Å². The van der Waals surface area contributed by atoms with E-state index in [-0.39, 0.29) is 0 Å². The molecule has 96 valence electrons. The highest BCUT2D eigenvalue weighted by Gasteiger charge is 2.28. The van der Waals surface area contributed by atoms with Crippen LogP contribution < -0.4 is 5.32 Å². The first kappa shape index (κ1) is 12.6. The van der Waals surface area contributed by atoms with E-state index in [9.17, 15) is 5.11 Å². The molecule has 1 fully saturated rings. The maximum atomic E-state index is 10.1. The van der Waals surface area contributed by atoms with Gasteiger partial charge < -0.3 is 14.9 Å². The summed E-state index contributed by atoms with van der Waals surface area (Å²) in [7, 11) is 0. The maximum absolute atomic E-state index is 10.1. The van der Waals surface area contributed by atoms with Gasteiger partial charge in [0.05, 0.1) is 5.69 Å². The Hall–Kier alpha value is -0.870. The van der Waals surface area contributed by atoms with Crippen molar-refractivity contribution in [2.24, 2.45) is 0 Å². The molecule has 0 aliphatic carbocycles. The van der Waals surface area contributed by atoms with Gasteiger partial charge in [-0.1, -0.05) is 12.1 Å². The Morgan fingerprint density at radius 1 is 1.59 bits per heavy atom. The summed E-state index contributed by atoms with van der Waals surface area (Å²) in [5.74, 6) is 0.991. The SMILES string of the molecule is CCC(C)(O)c1cc([C@@H]2CC[C@@H](C)NC2)no1. The number of nitrogens with zero attached hydrogens (tertiary/aromatic N) is 1. The standard InChI is InChI=1S/C13H22N2O2/c1-4-13(3,16)12-7-11(15-17-12)10-6-5-9(2)14-8-10/h7,9-10,14,16H,4-6,8H2,1-3H3/t9-,10-,13?/m1/s1. The van der Waals surface area contributed by atoms with E-state index in [2.05, 4.69) is 17.4 Å². The number of hydrogen-bond acceptors (Lipinski definition) is 4. The zero-order valence-electron chi connectivity index (χ0n) is 10.9. The first-order chi connectivity index (χ1) is 8.03. The Balaban J connectivity index is 2.08. The molecule has 2 N–H and O–H groups in total. The number of nitrogens with one attached hydrogen (secondary N) is 1. The Kier molecular flexibility index (Phi) is 3.54. The van der Waals surface area contributed by atoms with Crippen molar-refractivity contribution in [3.8, 4) is 0 Å². The highest BCUT2D eigenvalue weighted by atomic mass is 16.5. The van der Waals surface area contributed by atoms with E-state index in [0.29, 0.717) is 24.1 Å². The minimum absolute atomic E-state index is 0.413. The van der Waals surface area contributed by atoms with E-state index in [1.165, 1.54) is 0 Å². The van der Waals surface area contributed by atoms with Crippen LogP contribution in [0.15, 0.2) is 10.6 Å². The van der Waals surface area contributed by atoms with Crippen molar-refractivity contribution in [1.29, 1.82) is 0 Å². The van der Waals surface area contributed by atoms with Crippen molar-refractivity contribution in [2.75, 3.05) is 6.54 Å². The van der Waals surface area contributed by atoms with Crippen LogP contribution in [0.25, 0.3) is 0 Å². The Bertz CT molecular complexity index is 365. The highest BCUT2D eigenvalue weighted by molar-refractivity contribution is 5.16. The summed E-state index contributed by atoms with van der Waals surface area (Å²) in [6.07, 6.45) is 2.92. The smallest absolute Gasteiger partial charge is 0.168 e. The monoisotopic (exact) mass is 238 g/mol. The molecule has 2 rings (SSSR count). The molecule has 0 radical (unpaired) electrons. The lowest BCUT2D eigenvalue weighted by atomic mass is 9.91. The van der Waals surface area contributed by atoms with Gasteiger partial charge in [-0.2, -0.15) is 0 Å². The van der Waals surface area contributed by atoms with Crippen LogP contribution in [0.1, 0.15) is 57.4 Å². The Labute approximate surface area is 102 Å².